The second-order valence-corrected chi connectivity index (χ2v) is 9.73. The van der Waals surface area contributed by atoms with Crippen molar-refractivity contribution in [3.05, 3.63) is 106 Å². The fourth-order valence-corrected chi connectivity index (χ4v) is 5.10. The van der Waals surface area contributed by atoms with E-state index in [1.807, 2.05) is 37.3 Å². The number of ketones is 1. The lowest BCUT2D eigenvalue weighted by molar-refractivity contribution is -0.937. The van der Waals surface area contributed by atoms with E-state index in [4.69, 9.17) is 23.2 Å². The Kier molecular flexibility index (Phi) is 8.80. The number of halogens is 3. The summed E-state index contributed by atoms with van der Waals surface area (Å²) in [4.78, 5) is 14.8. The zero-order chi connectivity index (χ0) is 23.6. The molecule has 0 radical (unpaired) electrons. The van der Waals surface area contributed by atoms with E-state index in [9.17, 15) is 15.0 Å². The number of hydrogen-bond donors (Lipinski definition) is 3. The molecule has 5 unspecified atom stereocenters. The first-order chi connectivity index (χ1) is 15.8. The lowest BCUT2D eigenvalue weighted by Gasteiger charge is -2.44. The van der Waals surface area contributed by atoms with Crippen LogP contribution in [0.5, 0.6) is 0 Å². The number of likely N-dealkylation sites (tertiary alicyclic amines) is 1. The maximum absolute atomic E-state index is 13.7. The molecule has 3 aromatic rings. The third-order valence-electron chi connectivity index (χ3n) is 6.92. The standard InChI is InChI=1S/C27H27Cl2NO3.ClH/c1-18(25(31)19-5-3-2-4-6-19)30-16-15-27(33,21-9-13-23(29)14-10-21)24(17-30)26(32)20-7-11-22(28)12-8-20;/h2-14,18,24-25,31,33H,15-17H2,1H3;1H. The molecule has 1 aliphatic heterocycles. The van der Waals surface area contributed by atoms with Gasteiger partial charge in [0.05, 0.1) is 13.1 Å². The quantitative estimate of drug-likeness (QED) is 0.427. The van der Waals surface area contributed by atoms with Gasteiger partial charge in [0.15, 0.2) is 5.78 Å². The van der Waals surface area contributed by atoms with E-state index in [0.29, 0.717) is 40.7 Å². The minimum atomic E-state index is -1.33. The van der Waals surface area contributed by atoms with Crippen molar-refractivity contribution in [2.24, 2.45) is 5.92 Å². The summed E-state index contributed by atoms with van der Waals surface area (Å²) in [5.74, 6) is -0.822. The highest BCUT2D eigenvalue weighted by atomic mass is 35.5. The lowest BCUT2D eigenvalue weighted by atomic mass is 9.72. The number of carbonyl (C=O) groups excluding carboxylic acids is 1. The summed E-state index contributed by atoms with van der Waals surface area (Å²) in [7, 11) is 0. The third-order valence-corrected chi connectivity index (χ3v) is 7.42. The van der Waals surface area contributed by atoms with E-state index in [0.717, 1.165) is 10.5 Å². The molecule has 0 aromatic heterocycles. The predicted octanol–water partition coefficient (Wildman–Crippen LogP) is 1.09. The van der Waals surface area contributed by atoms with Crippen LogP contribution >= 0.6 is 23.2 Å². The van der Waals surface area contributed by atoms with Gasteiger partial charge in [-0.05, 0) is 54.4 Å². The summed E-state index contributed by atoms with van der Waals surface area (Å²) >= 11 is 12.1. The molecular weight excluding hydrogens is 493 g/mol. The topological polar surface area (TPSA) is 62.0 Å². The van der Waals surface area contributed by atoms with Crippen LogP contribution in [0.3, 0.4) is 0 Å². The summed E-state index contributed by atoms with van der Waals surface area (Å²) in [6.45, 7) is 3.00. The van der Waals surface area contributed by atoms with Crippen LogP contribution < -0.4 is 17.3 Å². The Morgan fingerprint density at radius 3 is 2.12 bits per heavy atom. The van der Waals surface area contributed by atoms with Crippen LogP contribution in [0.2, 0.25) is 10.0 Å². The predicted molar refractivity (Wildman–Crippen MR) is 131 cm³/mol. The van der Waals surface area contributed by atoms with Crippen molar-refractivity contribution in [1.29, 1.82) is 0 Å². The van der Waals surface area contributed by atoms with Gasteiger partial charge < -0.3 is 27.5 Å². The molecule has 1 heterocycles. The minimum Gasteiger partial charge on any atom is -1.00 e. The van der Waals surface area contributed by atoms with Crippen LogP contribution in [0.25, 0.3) is 0 Å². The van der Waals surface area contributed by atoms with Crippen molar-refractivity contribution in [3.8, 4) is 0 Å². The Hall–Kier alpha value is -1.92. The van der Waals surface area contributed by atoms with Crippen molar-refractivity contribution < 1.29 is 32.3 Å². The molecule has 5 atom stereocenters. The molecule has 34 heavy (non-hydrogen) atoms. The molecule has 1 aliphatic rings. The van der Waals surface area contributed by atoms with Gasteiger partial charge in [-0.15, -0.1) is 0 Å². The highest BCUT2D eigenvalue weighted by molar-refractivity contribution is 6.30. The molecule has 180 valence electrons. The molecular formula is C27H28Cl3NO3. The first-order valence-electron chi connectivity index (χ1n) is 11.2. The van der Waals surface area contributed by atoms with E-state index in [1.54, 1.807) is 48.5 Å². The number of aliphatic hydroxyl groups is 2. The van der Waals surface area contributed by atoms with Crippen LogP contribution in [0, 0.1) is 5.92 Å². The van der Waals surface area contributed by atoms with Gasteiger partial charge in [0.25, 0.3) is 0 Å². The molecule has 1 saturated heterocycles. The number of aliphatic hydroxyl groups excluding tert-OH is 1. The van der Waals surface area contributed by atoms with E-state index in [1.165, 1.54) is 0 Å². The van der Waals surface area contributed by atoms with Crippen LogP contribution in [0.15, 0.2) is 78.9 Å². The summed E-state index contributed by atoms with van der Waals surface area (Å²) in [6.07, 6.45) is -0.283. The van der Waals surface area contributed by atoms with Crippen molar-refractivity contribution in [2.45, 2.75) is 31.1 Å². The van der Waals surface area contributed by atoms with Gasteiger partial charge >= 0.3 is 0 Å². The minimum absolute atomic E-state index is 0. The number of Topliss-reactive ketones (excluding diaryl/α,β-unsaturated/α-hetero) is 1. The highest BCUT2D eigenvalue weighted by Gasteiger charge is 2.50. The molecule has 3 N–H and O–H groups in total. The third kappa shape index (κ3) is 5.49. The van der Waals surface area contributed by atoms with Gasteiger partial charge in [0.1, 0.15) is 23.7 Å². The number of nitrogens with one attached hydrogen (secondary N) is 1. The second-order valence-electron chi connectivity index (χ2n) is 8.86. The average molecular weight is 521 g/mol. The normalized spacial score (nSPS) is 24.0. The smallest absolute Gasteiger partial charge is 0.174 e. The van der Waals surface area contributed by atoms with E-state index >= 15 is 0 Å². The maximum Gasteiger partial charge on any atom is 0.174 e. The summed E-state index contributed by atoms with van der Waals surface area (Å²) in [5.41, 5.74) is 0.697. The summed E-state index contributed by atoms with van der Waals surface area (Å²) in [5, 5.41) is 24.0. The summed E-state index contributed by atoms with van der Waals surface area (Å²) < 4.78 is 0. The number of hydrogen-bond acceptors (Lipinski definition) is 3. The zero-order valence-corrected chi connectivity index (χ0v) is 21.1. The Labute approximate surface area is 216 Å². The van der Waals surface area contributed by atoms with Crippen molar-refractivity contribution in [2.75, 3.05) is 13.1 Å². The van der Waals surface area contributed by atoms with E-state index < -0.39 is 17.6 Å². The number of rotatable bonds is 6. The fourth-order valence-electron chi connectivity index (χ4n) is 4.84. The van der Waals surface area contributed by atoms with E-state index in [-0.39, 0.29) is 24.2 Å². The van der Waals surface area contributed by atoms with Gasteiger partial charge in [-0.1, -0.05) is 65.7 Å². The van der Waals surface area contributed by atoms with Crippen molar-refractivity contribution >= 4 is 29.0 Å². The van der Waals surface area contributed by atoms with Crippen molar-refractivity contribution in [3.63, 3.8) is 0 Å². The molecule has 4 nitrogen and oxygen atoms in total. The van der Waals surface area contributed by atoms with Gasteiger partial charge in [0, 0.05) is 22.0 Å². The van der Waals surface area contributed by atoms with Crippen LogP contribution in [0.1, 0.15) is 40.9 Å². The summed E-state index contributed by atoms with van der Waals surface area (Å²) in [6, 6.07) is 23.2. The molecule has 0 bridgehead atoms. The lowest BCUT2D eigenvalue weighted by Crippen LogP contribution is -3.18. The van der Waals surface area contributed by atoms with Crippen LogP contribution in [-0.2, 0) is 5.60 Å². The van der Waals surface area contributed by atoms with Crippen LogP contribution in [-0.4, -0.2) is 35.1 Å². The van der Waals surface area contributed by atoms with Gasteiger partial charge in [-0.2, -0.15) is 0 Å². The molecule has 0 aliphatic carbocycles. The SMILES string of the molecule is CC(C(O)c1ccccc1)[NH+]1CCC(O)(c2ccc(Cl)cc2)C(C(=O)c2ccc(Cl)cc2)C1.[Cl-]. The largest absolute Gasteiger partial charge is 1.00 e. The average Bonchev–Trinajstić information content (AvgIpc) is 2.84. The van der Waals surface area contributed by atoms with E-state index in [2.05, 4.69) is 0 Å². The maximum atomic E-state index is 13.7. The fraction of sp³-hybridized carbons (Fsp3) is 0.296. The molecule has 0 saturated carbocycles. The zero-order valence-electron chi connectivity index (χ0n) is 18.8. The van der Waals surface area contributed by atoms with Gasteiger partial charge in [-0.3, -0.25) is 4.79 Å². The number of quaternary nitrogens is 1. The Morgan fingerprint density at radius 1 is 0.971 bits per heavy atom. The van der Waals surface area contributed by atoms with Gasteiger partial charge in [0.2, 0.25) is 0 Å². The van der Waals surface area contributed by atoms with Gasteiger partial charge in [-0.25, -0.2) is 0 Å². The first-order valence-corrected chi connectivity index (χ1v) is 11.9. The van der Waals surface area contributed by atoms with Crippen molar-refractivity contribution in [1.82, 2.24) is 0 Å². The molecule has 3 aromatic carbocycles. The number of carbonyl (C=O) groups is 1. The molecule has 1 fully saturated rings. The molecule has 0 spiro atoms. The molecule has 7 heteroatoms. The number of piperidine rings is 1. The Bertz CT molecular complexity index is 1090. The highest BCUT2D eigenvalue weighted by Crippen LogP contribution is 2.37. The number of benzene rings is 3. The first kappa shape index (κ1) is 26.7. The Morgan fingerprint density at radius 2 is 1.53 bits per heavy atom. The second kappa shape index (κ2) is 11.2. The molecule has 4 rings (SSSR count). The molecule has 0 amide bonds. The monoisotopic (exact) mass is 519 g/mol. The Balaban J connectivity index is 0.00000324. The van der Waals surface area contributed by atoms with Crippen LogP contribution in [0.4, 0.5) is 0 Å².